The van der Waals surface area contributed by atoms with Crippen LogP contribution in [-0.2, 0) is 6.42 Å². The van der Waals surface area contributed by atoms with Gasteiger partial charge in [-0.1, -0.05) is 37.6 Å². The first kappa shape index (κ1) is 17.5. The highest BCUT2D eigenvalue weighted by Gasteiger charge is 2.18. The van der Waals surface area contributed by atoms with Crippen LogP contribution >= 0.6 is 11.6 Å². The fourth-order valence-electron chi connectivity index (χ4n) is 2.37. The first-order valence-corrected chi connectivity index (χ1v) is 7.74. The Hall–Kier alpha value is -0.600. The van der Waals surface area contributed by atoms with Crippen molar-refractivity contribution in [3.05, 3.63) is 34.6 Å². The zero-order valence-corrected chi connectivity index (χ0v) is 14.0. The Morgan fingerprint density at radius 2 is 1.90 bits per heavy atom. The van der Waals surface area contributed by atoms with Crippen LogP contribution in [0.5, 0.6) is 0 Å². The summed E-state index contributed by atoms with van der Waals surface area (Å²) in [6.07, 6.45) is 1.92. The minimum Gasteiger partial charge on any atom is -0.312 e. The third-order valence-corrected chi connectivity index (χ3v) is 3.69. The highest BCUT2D eigenvalue weighted by atomic mass is 35.5. The molecule has 20 heavy (non-hydrogen) atoms. The van der Waals surface area contributed by atoms with Crippen molar-refractivity contribution >= 4 is 11.6 Å². The standard InChI is InChI=1S/C17H27ClFN/c1-12(2)9-13(11-20-17(3,4)5)10-14-7-6-8-15(19)16(14)18/h6-8,12-13,20H,9-11H2,1-5H3. The van der Waals surface area contributed by atoms with Crippen LogP contribution in [0.4, 0.5) is 4.39 Å². The molecule has 1 aromatic carbocycles. The zero-order chi connectivity index (χ0) is 15.3. The van der Waals surface area contributed by atoms with Gasteiger partial charge in [0, 0.05) is 5.54 Å². The van der Waals surface area contributed by atoms with Crippen molar-refractivity contribution in [2.24, 2.45) is 11.8 Å². The van der Waals surface area contributed by atoms with E-state index in [4.69, 9.17) is 11.6 Å². The first-order chi connectivity index (χ1) is 9.19. The Morgan fingerprint density at radius 3 is 2.45 bits per heavy atom. The summed E-state index contributed by atoms with van der Waals surface area (Å²) in [5.41, 5.74) is 1.01. The van der Waals surface area contributed by atoms with E-state index in [1.807, 2.05) is 6.07 Å². The molecule has 1 atom stereocenters. The fourth-order valence-corrected chi connectivity index (χ4v) is 2.58. The lowest BCUT2D eigenvalue weighted by Crippen LogP contribution is -2.39. The Bertz CT molecular complexity index is 423. The van der Waals surface area contributed by atoms with Crippen molar-refractivity contribution in [3.63, 3.8) is 0 Å². The first-order valence-electron chi connectivity index (χ1n) is 7.37. The van der Waals surface area contributed by atoms with Gasteiger partial charge < -0.3 is 5.32 Å². The van der Waals surface area contributed by atoms with Gasteiger partial charge in [0.15, 0.2) is 0 Å². The van der Waals surface area contributed by atoms with Crippen LogP contribution in [0, 0.1) is 17.7 Å². The molecule has 0 heterocycles. The van der Waals surface area contributed by atoms with Gasteiger partial charge in [0.2, 0.25) is 0 Å². The molecule has 0 fully saturated rings. The number of benzene rings is 1. The summed E-state index contributed by atoms with van der Waals surface area (Å²) in [6, 6.07) is 5.08. The maximum atomic E-state index is 13.5. The van der Waals surface area contributed by atoms with E-state index in [9.17, 15) is 4.39 Å². The Morgan fingerprint density at radius 1 is 1.25 bits per heavy atom. The smallest absolute Gasteiger partial charge is 0.142 e. The summed E-state index contributed by atoms with van der Waals surface area (Å²) in [6.45, 7) is 11.8. The molecule has 1 rings (SSSR count). The van der Waals surface area contributed by atoms with E-state index >= 15 is 0 Å². The van der Waals surface area contributed by atoms with Crippen molar-refractivity contribution in [1.82, 2.24) is 5.32 Å². The van der Waals surface area contributed by atoms with E-state index in [1.54, 1.807) is 6.07 Å². The molecule has 0 saturated carbocycles. The fraction of sp³-hybridized carbons (Fsp3) is 0.647. The molecule has 0 bridgehead atoms. The summed E-state index contributed by atoms with van der Waals surface area (Å²) < 4.78 is 13.5. The van der Waals surface area contributed by atoms with Crippen molar-refractivity contribution in [3.8, 4) is 0 Å². The second-order valence-electron chi connectivity index (χ2n) is 7.04. The molecule has 114 valence electrons. The third-order valence-electron chi connectivity index (χ3n) is 3.27. The van der Waals surface area contributed by atoms with Crippen LogP contribution in [0.25, 0.3) is 0 Å². The highest BCUT2D eigenvalue weighted by molar-refractivity contribution is 6.31. The van der Waals surface area contributed by atoms with Gasteiger partial charge >= 0.3 is 0 Å². The quantitative estimate of drug-likeness (QED) is 0.773. The molecule has 0 aliphatic carbocycles. The van der Waals surface area contributed by atoms with E-state index in [0.29, 0.717) is 11.8 Å². The molecule has 1 unspecified atom stereocenters. The average Bonchev–Trinajstić information content (AvgIpc) is 2.30. The second kappa shape index (κ2) is 7.42. The minimum atomic E-state index is -0.323. The van der Waals surface area contributed by atoms with Gasteiger partial charge in [-0.15, -0.1) is 0 Å². The summed E-state index contributed by atoms with van der Waals surface area (Å²) in [4.78, 5) is 0. The van der Waals surface area contributed by atoms with Crippen molar-refractivity contribution in [2.75, 3.05) is 6.54 Å². The lowest BCUT2D eigenvalue weighted by molar-refractivity contribution is 0.331. The molecule has 0 spiro atoms. The lowest BCUT2D eigenvalue weighted by Gasteiger charge is -2.26. The van der Waals surface area contributed by atoms with Gasteiger partial charge in [-0.05, 0) is 63.6 Å². The third kappa shape index (κ3) is 6.23. The van der Waals surface area contributed by atoms with Crippen molar-refractivity contribution in [1.29, 1.82) is 0 Å². The molecule has 1 N–H and O–H groups in total. The summed E-state index contributed by atoms with van der Waals surface area (Å²) in [5, 5.41) is 3.82. The van der Waals surface area contributed by atoms with Gasteiger partial charge in [0.25, 0.3) is 0 Å². The molecule has 0 aliphatic heterocycles. The van der Waals surface area contributed by atoms with Gasteiger partial charge in [-0.3, -0.25) is 0 Å². The van der Waals surface area contributed by atoms with E-state index in [1.165, 1.54) is 6.07 Å². The topological polar surface area (TPSA) is 12.0 Å². The Kier molecular flexibility index (Phi) is 6.47. The van der Waals surface area contributed by atoms with Crippen LogP contribution in [0.3, 0.4) is 0 Å². The van der Waals surface area contributed by atoms with Gasteiger partial charge in [0.05, 0.1) is 5.02 Å². The molecule has 0 radical (unpaired) electrons. The van der Waals surface area contributed by atoms with Crippen LogP contribution in [0.15, 0.2) is 18.2 Å². The van der Waals surface area contributed by atoms with E-state index in [0.717, 1.165) is 24.9 Å². The summed E-state index contributed by atoms with van der Waals surface area (Å²) >= 11 is 6.07. The Labute approximate surface area is 127 Å². The van der Waals surface area contributed by atoms with Crippen LogP contribution < -0.4 is 5.32 Å². The summed E-state index contributed by atoms with van der Waals surface area (Å²) in [5.74, 6) is 0.763. The SMILES string of the molecule is CC(C)CC(CNC(C)(C)C)Cc1cccc(F)c1Cl. The highest BCUT2D eigenvalue weighted by Crippen LogP contribution is 2.25. The number of hydrogen-bond acceptors (Lipinski definition) is 1. The minimum absolute atomic E-state index is 0.0982. The van der Waals surface area contributed by atoms with Crippen LogP contribution in [0.2, 0.25) is 5.02 Å². The monoisotopic (exact) mass is 299 g/mol. The van der Waals surface area contributed by atoms with E-state index in [2.05, 4.69) is 39.9 Å². The predicted molar refractivity (Wildman–Crippen MR) is 85.8 cm³/mol. The predicted octanol–water partition coefficient (Wildman–Crippen LogP) is 5.07. The van der Waals surface area contributed by atoms with Crippen molar-refractivity contribution in [2.45, 2.75) is 53.0 Å². The number of rotatable bonds is 6. The zero-order valence-electron chi connectivity index (χ0n) is 13.3. The second-order valence-corrected chi connectivity index (χ2v) is 7.42. The average molecular weight is 300 g/mol. The number of nitrogens with one attached hydrogen (secondary N) is 1. The molecule has 0 aliphatic rings. The van der Waals surface area contributed by atoms with Crippen LogP contribution in [0.1, 0.15) is 46.6 Å². The number of hydrogen-bond donors (Lipinski definition) is 1. The maximum absolute atomic E-state index is 13.5. The van der Waals surface area contributed by atoms with Crippen molar-refractivity contribution < 1.29 is 4.39 Å². The molecule has 0 saturated heterocycles. The molecule has 0 aromatic heterocycles. The largest absolute Gasteiger partial charge is 0.312 e. The molecule has 1 nitrogen and oxygen atoms in total. The van der Waals surface area contributed by atoms with Gasteiger partial charge in [0.1, 0.15) is 5.82 Å². The van der Waals surface area contributed by atoms with Gasteiger partial charge in [-0.25, -0.2) is 4.39 Å². The Balaban J connectivity index is 2.76. The summed E-state index contributed by atoms with van der Waals surface area (Å²) in [7, 11) is 0. The normalized spacial score (nSPS) is 13.8. The van der Waals surface area contributed by atoms with E-state index in [-0.39, 0.29) is 16.4 Å². The maximum Gasteiger partial charge on any atom is 0.142 e. The number of halogens is 2. The lowest BCUT2D eigenvalue weighted by atomic mass is 9.90. The molecule has 3 heteroatoms. The molecular formula is C17H27ClFN. The molecular weight excluding hydrogens is 273 g/mol. The van der Waals surface area contributed by atoms with Crippen LogP contribution in [-0.4, -0.2) is 12.1 Å². The molecule has 0 amide bonds. The van der Waals surface area contributed by atoms with Gasteiger partial charge in [-0.2, -0.15) is 0 Å². The molecule has 1 aromatic rings. The van der Waals surface area contributed by atoms with E-state index < -0.39 is 0 Å².